The van der Waals surface area contributed by atoms with Gasteiger partial charge in [-0.25, -0.2) is 0 Å². The Morgan fingerprint density at radius 2 is 0.606 bits per heavy atom. The molecule has 0 aliphatic carbocycles. The van der Waals surface area contributed by atoms with Crippen LogP contribution >= 0.6 is 0 Å². The van der Waals surface area contributed by atoms with Crippen LogP contribution in [0.1, 0.15) is 233 Å². The first-order chi connectivity index (χ1) is 32.5. The molecule has 0 heterocycles. The number of esters is 3. The van der Waals surface area contributed by atoms with Gasteiger partial charge in [0.1, 0.15) is 13.2 Å². The lowest BCUT2D eigenvalue weighted by molar-refractivity contribution is -0.167. The number of hydrogen-bond acceptors (Lipinski definition) is 6. The molecule has 66 heavy (non-hydrogen) atoms. The fourth-order valence-corrected chi connectivity index (χ4v) is 6.95. The van der Waals surface area contributed by atoms with Crippen molar-refractivity contribution < 1.29 is 28.6 Å². The summed E-state index contributed by atoms with van der Waals surface area (Å²) in [6.45, 7) is 6.40. The number of rotatable bonds is 47. The highest BCUT2D eigenvalue weighted by Crippen LogP contribution is 2.13. The van der Waals surface area contributed by atoms with Crippen LogP contribution in [-0.2, 0) is 28.6 Å². The van der Waals surface area contributed by atoms with Gasteiger partial charge in [0.05, 0.1) is 0 Å². The molecule has 0 spiro atoms. The number of allylic oxidation sites excluding steroid dienone is 18. The first kappa shape index (κ1) is 62.1. The second-order valence-corrected chi connectivity index (χ2v) is 17.4. The Morgan fingerprint density at radius 3 is 0.985 bits per heavy atom. The van der Waals surface area contributed by atoms with E-state index in [0.29, 0.717) is 19.3 Å². The molecule has 0 fully saturated rings. The Hall–Kier alpha value is -3.93. The molecular weight excluding hydrogens is 817 g/mol. The summed E-state index contributed by atoms with van der Waals surface area (Å²) in [6, 6.07) is 0. The van der Waals surface area contributed by atoms with Crippen LogP contribution in [0.15, 0.2) is 109 Å². The van der Waals surface area contributed by atoms with Crippen molar-refractivity contribution in [1.29, 1.82) is 0 Å². The second kappa shape index (κ2) is 53.7. The summed E-state index contributed by atoms with van der Waals surface area (Å²) in [5.41, 5.74) is 0. The van der Waals surface area contributed by atoms with Gasteiger partial charge in [-0.3, -0.25) is 14.4 Å². The molecule has 6 heteroatoms. The van der Waals surface area contributed by atoms with E-state index in [1.807, 2.05) is 0 Å². The van der Waals surface area contributed by atoms with Gasteiger partial charge in [-0.05, 0) is 122 Å². The van der Waals surface area contributed by atoms with E-state index in [-0.39, 0.29) is 37.5 Å². The van der Waals surface area contributed by atoms with E-state index in [1.165, 1.54) is 70.6 Å². The van der Waals surface area contributed by atoms with Gasteiger partial charge in [-0.15, -0.1) is 0 Å². The summed E-state index contributed by atoms with van der Waals surface area (Å²) < 4.78 is 16.7. The van der Waals surface area contributed by atoms with Crippen molar-refractivity contribution in [3.05, 3.63) is 109 Å². The molecular formula is C60H98O6. The lowest BCUT2D eigenvalue weighted by atomic mass is 10.1. The monoisotopic (exact) mass is 915 g/mol. The van der Waals surface area contributed by atoms with Crippen LogP contribution in [0.5, 0.6) is 0 Å². The quantitative estimate of drug-likeness (QED) is 0.0262. The van der Waals surface area contributed by atoms with Crippen LogP contribution in [0.3, 0.4) is 0 Å². The summed E-state index contributed by atoms with van der Waals surface area (Å²) in [4.78, 5) is 38.0. The van der Waals surface area contributed by atoms with Crippen molar-refractivity contribution in [3.63, 3.8) is 0 Å². The van der Waals surface area contributed by atoms with Gasteiger partial charge in [0.25, 0.3) is 0 Å². The topological polar surface area (TPSA) is 78.9 Å². The number of carbonyl (C=O) groups is 3. The molecule has 0 amide bonds. The third-order valence-electron chi connectivity index (χ3n) is 11.0. The van der Waals surface area contributed by atoms with Crippen LogP contribution < -0.4 is 0 Å². The average Bonchev–Trinajstić information content (AvgIpc) is 3.31. The molecule has 0 aromatic rings. The van der Waals surface area contributed by atoms with E-state index < -0.39 is 6.10 Å². The minimum atomic E-state index is -0.818. The molecule has 0 saturated heterocycles. The number of ether oxygens (including phenoxy) is 3. The molecule has 0 saturated carbocycles. The molecule has 0 N–H and O–H groups in total. The number of hydrogen-bond donors (Lipinski definition) is 0. The van der Waals surface area contributed by atoms with Gasteiger partial charge in [0.15, 0.2) is 6.10 Å². The SMILES string of the molecule is CC/C=C\C/C=C\C/C=C\C/C=C\C/C=C\CCCC(=O)O[C@H](COC(=O)CCCCCCC/C=C\CCCCC)COC(=O)CCCCCCCC/C=C\C/C=C\C/C=C\CCCCC. The Morgan fingerprint density at radius 1 is 0.318 bits per heavy atom. The summed E-state index contributed by atoms with van der Waals surface area (Å²) >= 11 is 0. The first-order valence-electron chi connectivity index (χ1n) is 26.9. The Labute approximate surface area is 406 Å². The zero-order valence-corrected chi connectivity index (χ0v) is 42.7. The van der Waals surface area contributed by atoms with Crippen molar-refractivity contribution >= 4 is 17.9 Å². The molecule has 0 radical (unpaired) electrons. The van der Waals surface area contributed by atoms with Gasteiger partial charge in [-0.2, -0.15) is 0 Å². The van der Waals surface area contributed by atoms with Gasteiger partial charge in [-0.1, -0.05) is 201 Å². The Balaban J connectivity index is 4.50. The maximum Gasteiger partial charge on any atom is 0.306 e. The lowest BCUT2D eigenvalue weighted by Crippen LogP contribution is -2.30. The number of carbonyl (C=O) groups excluding carboxylic acids is 3. The smallest absolute Gasteiger partial charge is 0.306 e. The predicted molar refractivity (Wildman–Crippen MR) is 283 cm³/mol. The van der Waals surface area contributed by atoms with Crippen LogP contribution in [0, 0.1) is 0 Å². The van der Waals surface area contributed by atoms with Crippen molar-refractivity contribution in [1.82, 2.24) is 0 Å². The van der Waals surface area contributed by atoms with Gasteiger partial charge in [0.2, 0.25) is 0 Å². The third kappa shape index (κ3) is 51.1. The summed E-state index contributed by atoms with van der Waals surface area (Å²) in [5, 5.41) is 0. The van der Waals surface area contributed by atoms with Crippen molar-refractivity contribution in [2.24, 2.45) is 0 Å². The maximum atomic E-state index is 12.8. The van der Waals surface area contributed by atoms with Crippen LogP contribution in [0.2, 0.25) is 0 Å². The zero-order valence-electron chi connectivity index (χ0n) is 42.7. The molecule has 0 bridgehead atoms. The highest BCUT2D eigenvalue weighted by Gasteiger charge is 2.19. The molecule has 1 atom stereocenters. The van der Waals surface area contributed by atoms with E-state index in [1.54, 1.807) is 0 Å². The molecule has 0 aliphatic heterocycles. The average molecular weight is 915 g/mol. The normalized spacial score (nSPS) is 13.0. The summed E-state index contributed by atoms with van der Waals surface area (Å²) in [5.74, 6) is -0.995. The predicted octanol–water partition coefficient (Wildman–Crippen LogP) is 17.9. The largest absolute Gasteiger partial charge is 0.462 e. The maximum absolute atomic E-state index is 12.8. The highest BCUT2D eigenvalue weighted by atomic mass is 16.6. The highest BCUT2D eigenvalue weighted by molar-refractivity contribution is 5.71. The Kier molecular flexibility index (Phi) is 50.5. The fraction of sp³-hybridized carbons (Fsp3) is 0.650. The van der Waals surface area contributed by atoms with E-state index in [9.17, 15) is 14.4 Å². The fourth-order valence-electron chi connectivity index (χ4n) is 6.95. The van der Waals surface area contributed by atoms with Gasteiger partial charge in [0, 0.05) is 19.3 Å². The van der Waals surface area contributed by atoms with Crippen LogP contribution in [0.25, 0.3) is 0 Å². The van der Waals surface area contributed by atoms with Crippen LogP contribution in [0.4, 0.5) is 0 Å². The molecule has 0 aromatic heterocycles. The third-order valence-corrected chi connectivity index (χ3v) is 11.0. The Bertz CT molecular complexity index is 1370. The molecule has 0 rings (SSSR count). The molecule has 6 nitrogen and oxygen atoms in total. The van der Waals surface area contributed by atoms with Gasteiger partial charge >= 0.3 is 17.9 Å². The standard InChI is InChI=1S/C60H98O6/c1-4-7-10-13-16-19-22-25-27-29-30-32-33-35-38-41-44-47-50-53-59(62)65-56-57(55-64-58(61)52-49-46-43-40-37-24-21-18-15-12-9-6-3)66-60(63)54-51-48-45-42-39-36-34-31-28-26-23-20-17-14-11-8-5-2/h8,11,16-21,25-28,30,32,34,36,42,45,57H,4-7,9-10,12-15,22-24,29,31,33,35,37-41,43-44,46-56H2,1-3H3/b11-8-,19-16-,20-17-,21-18-,27-25-,28-26-,32-30-,36-34-,45-42-/t57-/m1/s1. The van der Waals surface area contributed by atoms with E-state index in [0.717, 1.165) is 116 Å². The molecule has 0 unspecified atom stereocenters. The second-order valence-electron chi connectivity index (χ2n) is 17.4. The number of unbranched alkanes of at least 4 members (excludes halogenated alkanes) is 18. The lowest BCUT2D eigenvalue weighted by Gasteiger charge is -2.18. The minimum Gasteiger partial charge on any atom is -0.462 e. The minimum absolute atomic E-state index is 0.111. The molecule has 0 aromatic carbocycles. The zero-order chi connectivity index (χ0) is 47.9. The molecule has 374 valence electrons. The first-order valence-corrected chi connectivity index (χ1v) is 26.9. The molecule has 0 aliphatic rings. The van der Waals surface area contributed by atoms with E-state index in [4.69, 9.17) is 14.2 Å². The van der Waals surface area contributed by atoms with E-state index >= 15 is 0 Å². The van der Waals surface area contributed by atoms with Crippen molar-refractivity contribution in [3.8, 4) is 0 Å². The van der Waals surface area contributed by atoms with Crippen molar-refractivity contribution in [2.75, 3.05) is 13.2 Å². The van der Waals surface area contributed by atoms with Crippen molar-refractivity contribution in [2.45, 2.75) is 239 Å². The van der Waals surface area contributed by atoms with E-state index in [2.05, 4.69) is 130 Å². The summed E-state index contributed by atoms with van der Waals surface area (Å²) in [6.07, 6.45) is 72.2. The van der Waals surface area contributed by atoms with Gasteiger partial charge < -0.3 is 14.2 Å². The van der Waals surface area contributed by atoms with Crippen LogP contribution in [-0.4, -0.2) is 37.2 Å². The summed E-state index contributed by atoms with van der Waals surface area (Å²) in [7, 11) is 0.